The summed E-state index contributed by atoms with van der Waals surface area (Å²) in [5.41, 5.74) is 7.75. The Hall–Kier alpha value is -1.59. The first-order valence-corrected chi connectivity index (χ1v) is 7.71. The van der Waals surface area contributed by atoms with E-state index in [4.69, 9.17) is 10.5 Å². The summed E-state index contributed by atoms with van der Waals surface area (Å²) in [7, 11) is 0. The van der Waals surface area contributed by atoms with Gasteiger partial charge in [0.2, 0.25) is 0 Å². The lowest BCUT2D eigenvalue weighted by molar-refractivity contribution is 0.0949. The molecule has 0 bridgehead atoms. The number of benzene rings is 1. The van der Waals surface area contributed by atoms with Gasteiger partial charge in [-0.3, -0.25) is 4.79 Å². The molecule has 0 spiro atoms. The summed E-state index contributed by atoms with van der Waals surface area (Å²) in [6.45, 7) is 3.63. The smallest absolute Gasteiger partial charge is 0.253 e. The zero-order valence-corrected chi connectivity index (χ0v) is 12.3. The maximum absolute atomic E-state index is 12.4. The van der Waals surface area contributed by atoms with E-state index in [1.54, 1.807) is 0 Å². The van der Waals surface area contributed by atoms with Crippen molar-refractivity contribution in [2.75, 3.05) is 37.7 Å². The van der Waals surface area contributed by atoms with Crippen molar-refractivity contribution >= 4 is 11.6 Å². The number of nitrogens with one attached hydrogen (secondary N) is 1. The molecule has 1 saturated carbocycles. The highest BCUT2D eigenvalue weighted by molar-refractivity contribution is 5.99. The number of nitrogens with two attached hydrogens (primary N) is 1. The van der Waals surface area contributed by atoms with Crippen LogP contribution in [-0.2, 0) is 4.74 Å². The molecule has 0 aromatic heterocycles. The van der Waals surface area contributed by atoms with Gasteiger partial charge in [0, 0.05) is 31.4 Å². The number of anilines is 1. The highest BCUT2D eigenvalue weighted by Gasteiger charge is 2.28. The standard InChI is InChI=1S/C16H23N3O2/c17-14(12-5-6-12)11-18-16(20)13-3-1-2-4-15(13)19-7-9-21-10-8-19/h1-4,12,14H,5-11,17H2,(H,18,20). The maximum Gasteiger partial charge on any atom is 0.253 e. The minimum atomic E-state index is -0.0341. The van der Waals surface area contributed by atoms with Gasteiger partial charge in [-0.1, -0.05) is 12.1 Å². The van der Waals surface area contributed by atoms with Gasteiger partial charge in [0.25, 0.3) is 5.91 Å². The Morgan fingerprint density at radius 1 is 1.33 bits per heavy atom. The summed E-state index contributed by atoms with van der Waals surface area (Å²) < 4.78 is 5.38. The summed E-state index contributed by atoms with van der Waals surface area (Å²) in [6, 6.07) is 7.84. The van der Waals surface area contributed by atoms with E-state index in [0.717, 1.165) is 24.3 Å². The predicted molar refractivity (Wildman–Crippen MR) is 82.5 cm³/mol. The molecule has 3 N–H and O–H groups in total. The SMILES string of the molecule is NC(CNC(=O)c1ccccc1N1CCOCC1)C1CC1. The van der Waals surface area contributed by atoms with Crippen molar-refractivity contribution in [3.05, 3.63) is 29.8 Å². The van der Waals surface area contributed by atoms with Gasteiger partial charge in [-0.15, -0.1) is 0 Å². The number of hydrogen-bond acceptors (Lipinski definition) is 4. The van der Waals surface area contributed by atoms with E-state index in [2.05, 4.69) is 10.2 Å². The van der Waals surface area contributed by atoms with Gasteiger partial charge in [0.1, 0.15) is 0 Å². The number of amides is 1. The van der Waals surface area contributed by atoms with Gasteiger partial charge in [-0.25, -0.2) is 0 Å². The van der Waals surface area contributed by atoms with Crippen LogP contribution in [0.2, 0.25) is 0 Å². The molecule has 114 valence electrons. The molecule has 3 rings (SSSR count). The number of rotatable bonds is 5. The molecule has 2 aliphatic rings. The third-order valence-corrected chi connectivity index (χ3v) is 4.23. The van der Waals surface area contributed by atoms with Crippen LogP contribution in [0.25, 0.3) is 0 Å². The summed E-state index contributed by atoms with van der Waals surface area (Å²) >= 11 is 0. The molecule has 1 aliphatic carbocycles. The molecule has 1 aromatic rings. The number of morpholine rings is 1. The molecule has 5 nitrogen and oxygen atoms in total. The van der Waals surface area contributed by atoms with Crippen LogP contribution >= 0.6 is 0 Å². The topological polar surface area (TPSA) is 67.6 Å². The molecule has 1 atom stereocenters. The summed E-state index contributed by atoms with van der Waals surface area (Å²) in [5.74, 6) is 0.563. The minimum absolute atomic E-state index is 0.0341. The molecule has 0 radical (unpaired) electrons. The van der Waals surface area contributed by atoms with Crippen LogP contribution in [0.1, 0.15) is 23.2 Å². The van der Waals surface area contributed by atoms with E-state index in [9.17, 15) is 4.79 Å². The molecule has 5 heteroatoms. The van der Waals surface area contributed by atoms with Crippen molar-refractivity contribution in [2.24, 2.45) is 11.7 Å². The Morgan fingerprint density at radius 2 is 2.05 bits per heavy atom. The van der Waals surface area contributed by atoms with E-state index in [1.165, 1.54) is 12.8 Å². The van der Waals surface area contributed by atoms with Crippen LogP contribution in [0.5, 0.6) is 0 Å². The van der Waals surface area contributed by atoms with Crippen LogP contribution in [0.15, 0.2) is 24.3 Å². The number of para-hydroxylation sites is 1. The van der Waals surface area contributed by atoms with Crippen molar-refractivity contribution in [1.82, 2.24) is 5.32 Å². The third-order valence-electron chi connectivity index (χ3n) is 4.23. The monoisotopic (exact) mass is 289 g/mol. The molecule has 1 aliphatic heterocycles. The lowest BCUT2D eigenvalue weighted by Gasteiger charge is -2.30. The lowest BCUT2D eigenvalue weighted by atomic mass is 10.1. The quantitative estimate of drug-likeness (QED) is 0.848. The number of nitrogens with zero attached hydrogens (tertiary/aromatic N) is 1. The van der Waals surface area contributed by atoms with Crippen LogP contribution in [0.3, 0.4) is 0 Å². The second-order valence-corrected chi connectivity index (χ2v) is 5.83. The average Bonchev–Trinajstić information content (AvgIpc) is 3.38. The minimum Gasteiger partial charge on any atom is -0.378 e. The van der Waals surface area contributed by atoms with Gasteiger partial charge in [-0.05, 0) is 30.9 Å². The molecule has 1 unspecified atom stereocenters. The molecule has 1 aromatic carbocycles. The van der Waals surface area contributed by atoms with Crippen LogP contribution in [-0.4, -0.2) is 44.8 Å². The fourth-order valence-corrected chi connectivity index (χ4v) is 2.74. The van der Waals surface area contributed by atoms with E-state index < -0.39 is 0 Å². The molecule has 1 heterocycles. The molecule has 1 amide bonds. The Labute approximate surface area is 125 Å². The van der Waals surface area contributed by atoms with E-state index in [-0.39, 0.29) is 11.9 Å². The first-order chi connectivity index (χ1) is 10.3. The largest absolute Gasteiger partial charge is 0.378 e. The highest BCUT2D eigenvalue weighted by Crippen LogP contribution is 2.31. The highest BCUT2D eigenvalue weighted by atomic mass is 16.5. The van der Waals surface area contributed by atoms with Gasteiger partial charge in [-0.2, -0.15) is 0 Å². The van der Waals surface area contributed by atoms with Gasteiger partial charge in [0.05, 0.1) is 18.8 Å². The Kier molecular flexibility index (Phi) is 4.41. The second kappa shape index (κ2) is 6.45. The van der Waals surface area contributed by atoms with Gasteiger partial charge in [0.15, 0.2) is 0 Å². The molecular formula is C16H23N3O2. The van der Waals surface area contributed by atoms with Crippen molar-refractivity contribution in [2.45, 2.75) is 18.9 Å². The first kappa shape index (κ1) is 14.4. The fourth-order valence-electron chi connectivity index (χ4n) is 2.74. The van der Waals surface area contributed by atoms with Crippen molar-refractivity contribution < 1.29 is 9.53 Å². The number of hydrogen-bond donors (Lipinski definition) is 2. The average molecular weight is 289 g/mol. The van der Waals surface area contributed by atoms with E-state index in [0.29, 0.717) is 25.7 Å². The Morgan fingerprint density at radius 3 is 2.76 bits per heavy atom. The lowest BCUT2D eigenvalue weighted by Crippen LogP contribution is -2.40. The fraction of sp³-hybridized carbons (Fsp3) is 0.562. The van der Waals surface area contributed by atoms with Gasteiger partial charge < -0.3 is 20.7 Å². The number of carbonyl (C=O) groups is 1. The van der Waals surface area contributed by atoms with E-state index >= 15 is 0 Å². The summed E-state index contributed by atoms with van der Waals surface area (Å²) in [6.07, 6.45) is 2.39. The zero-order chi connectivity index (χ0) is 14.7. The zero-order valence-electron chi connectivity index (χ0n) is 12.3. The summed E-state index contributed by atoms with van der Waals surface area (Å²) in [4.78, 5) is 14.6. The molecule has 1 saturated heterocycles. The first-order valence-electron chi connectivity index (χ1n) is 7.71. The number of carbonyl (C=O) groups excluding carboxylic acids is 1. The normalized spacial score (nSPS) is 20.1. The van der Waals surface area contributed by atoms with Gasteiger partial charge >= 0.3 is 0 Å². The maximum atomic E-state index is 12.4. The van der Waals surface area contributed by atoms with Crippen LogP contribution < -0.4 is 16.0 Å². The molecular weight excluding hydrogens is 266 g/mol. The van der Waals surface area contributed by atoms with Crippen LogP contribution in [0.4, 0.5) is 5.69 Å². The molecule has 21 heavy (non-hydrogen) atoms. The molecule has 2 fully saturated rings. The van der Waals surface area contributed by atoms with Crippen molar-refractivity contribution in [1.29, 1.82) is 0 Å². The van der Waals surface area contributed by atoms with Crippen molar-refractivity contribution in [3.63, 3.8) is 0 Å². The van der Waals surface area contributed by atoms with Crippen LogP contribution in [0, 0.1) is 5.92 Å². The number of ether oxygens (including phenoxy) is 1. The Balaban J connectivity index is 1.66. The third kappa shape index (κ3) is 3.54. The summed E-state index contributed by atoms with van der Waals surface area (Å²) in [5, 5.41) is 2.98. The Bertz CT molecular complexity index is 496. The van der Waals surface area contributed by atoms with Crippen molar-refractivity contribution in [3.8, 4) is 0 Å². The van der Waals surface area contributed by atoms with E-state index in [1.807, 2.05) is 24.3 Å². The predicted octanol–water partition coefficient (Wildman–Crippen LogP) is 0.990. The second-order valence-electron chi connectivity index (χ2n) is 5.83.